The Labute approximate surface area is 146 Å². The van der Waals surface area contributed by atoms with Crippen LogP contribution in [-0.4, -0.2) is 50.2 Å². The fraction of sp³-hybridized carbons (Fsp3) is 0.412. The van der Waals surface area contributed by atoms with Crippen molar-refractivity contribution < 1.29 is 33.0 Å². The predicted octanol–water partition coefficient (Wildman–Crippen LogP) is 2.25. The highest BCUT2D eigenvalue weighted by atomic mass is 19.4. The summed E-state index contributed by atoms with van der Waals surface area (Å²) in [4.78, 5) is 25.2. The molecule has 0 saturated carbocycles. The Kier molecular flexibility index (Phi) is 4.22. The Morgan fingerprint density at radius 1 is 1.15 bits per heavy atom. The van der Waals surface area contributed by atoms with Crippen molar-refractivity contribution in [2.75, 3.05) is 13.1 Å². The number of carboxylic acid groups (broad SMARTS) is 1. The molecular weight excluding hydrogens is 353 g/mol. The van der Waals surface area contributed by atoms with E-state index in [1.165, 1.54) is 21.6 Å². The Bertz CT molecular complexity index is 880. The van der Waals surface area contributed by atoms with Crippen molar-refractivity contribution in [2.24, 2.45) is 7.05 Å². The first kappa shape index (κ1) is 18.2. The smallest absolute Gasteiger partial charge is 0.416 e. The molecule has 3 rings (SSSR count). The molecule has 2 heterocycles. The van der Waals surface area contributed by atoms with Gasteiger partial charge in [-0.1, -0.05) is 0 Å². The van der Waals surface area contributed by atoms with Gasteiger partial charge in [0.15, 0.2) is 5.60 Å². The quantitative estimate of drug-likeness (QED) is 0.850. The lowest BCUT2D eigenvalue weighted by Gasteiger charge is -2.35. The van der Waals surface area contributed by atoms with Gasteiger partial charge in [0, 0.05) is 43.9 Å². The predicted molar refractivity (Wildman–Crippen MR) is 85.6 cm³/mol. The van der Waals surface area contributed by atoms with Crippen LogP contribution in [0.15, 0.2) is 24.3 Å². The van der Waals surface area contributed by atoms with Gasteiger partial charge in [0.2, 0.25) is 0 Å². The number of fused-ring (bicyclic) bond motifs is 1. The minimum Gasteiger partial charge on any atom is -0.479 e. The van der Waals surface area contributed by atoms with Crippen molar-refractivity contribution in [1.29, 1.82) is 0 Å². The second kappa shape index (κ2) is 6.01. The van der Waals surface area contributed by atoms with Crippen LogP contribution in [-0.2, 0) is 18.0 Å². The lowest BCUT2D eigenvalue weighted by atomic mass is 9.91. The van der Waals surface area contributed by atoms with Gasteiger partial charge in [-0.05, 0) is 24.3 Å². The molecule has 0 atom stereocenters. The molecule has 0 radical (unpaired) electrons. The van der Waals surface area contributed by atoms with Crippen LogP contribution in [0.1, 0.15) is 28.9 Å². The van der Waals surface area contributed by atoms with Crippen molar-refractivity contribution in [1.82, 2.24) is 9.47 Å². The number of nitrogens with zero attached hydrogens (tertiary/aromatic N) is 2. The fourth-order valence-corrected chi connectivity index (χ4v) is 3.19. The number of carbonyl (C=O) groups excluding carboxylic acids is 1. The van der Waals surface area contributed by atoms with Crippen LogP contribution in [0.5, 0.6) is 0 Å². The van der Waals surface area contributed by atoms with E-state index >= 15 is 0 Å². The number of rotatable bonds is 2. The molecule has 0 bridgehead atoms. The SMILES string of the molecule is Cn1c(C(=O)N2CCC(O)(C(=O)O)CC2)cc2cc(C(F)(F)F)ccc21. The molecule has 140 valence electrons. The maximum atomic E-state index is 12.9. The van der Waals surface area contributed by atoms with Gasteiger partial charge in [-0.15, -0.1) is 0 Å². The number of aromatic nitrogens is 1. The summed E-state index contributed by atoms with van der Waals surface area (Å²) < 4.78 is 40.1. The second-order valence-corrected chi connectivity index (χ2v) is 6.49. The van der Waals surface area contributed by atoms with E-state index in [0.29, 0.717) is 10.9 Å². The number of carbonyl (C=O) groups is 2. The lowest BCUT2D eigenvalue weighted by molar-refractivity contribution is -0.162. The van der Waals surface area contributed by atoms with E-state index < -0.39 is 29.2 Å². The zero-order valence-corrected chi connectivity index (χ0v) is 13.9. The number of aliphatic carboxylic acids is 1. The zero-order chi connectivity index (χ0) is 19.3. The number of piperidine rings is 1. The van der Waals surface area contributed by atoms with Gasteiger partial charge < -0.3 is 19.7 Å². The van der Waals surface area contributed by atoms with Crippen molar-refractivity contribution >= 4 is 22.8 Å². The summed E-state index contributed by atoms with van der Waals surface area (Å²) in [5, 5.41) is 19.3. The highest BCUT2D eigenvalue weighted by Gasteiger charge is 2.41. The number of aliphatic hydroxyl groups is 1. The van der Waals surface area contributed by atoms with Gasteiger partial charge in [-0.25, -0.2) is 4.79 Å². The molecule has 0 spiro atoms. The second-order valence-electron chi connectivity index (χ2n) is 6.49. The number of hydrogen-bond acceptors (Lipinski definition) is 3. The summed E-state index contributed by atoms with van der Waals surface area (Å²) in [6, 6.07) is 4.66. The summed E-state index contributed by atoms with van der Waals surface area (Å²) in [7, 11) is 1.58. The van der Waals surface area contributed by atoms with Crippen molar-refractivity contribution in [2.45, 2.75) is 24.6 Å². The van der Waals surface area contributed by atoms with Gasteiger partial charge in [0.1, 0.15) is 5.69 Å². The molecule has 1 aromatic carbocycles. The van der Waals surface area contributed by atoms with Crippen molar-refractivity contribution in [3.8, 4) is 0 Å². The average Bonchev–Trinajstić information content (AvgIpc) is 2.90. The first-order valence-electron chi connectivity index (χ1n) is 7.95. The van der Waals surface area contributed by atoms with Crippen LogP contribution in [0.2, 0.25) is 0 Å². The van der Waals surface area contributed by atoms with Crippen LogP contribution >= 0.6 is 0 Å². The molecule has 1 aromatic heterocycles. The summed E-state index contributed by atoms with van der Waals surface area (Å²) in [6.07, 6.45) is -4.67. The first-order valence-corrected chi connectivity index (χ1v) is 7.95. The van der Waals surface area contributed by atoms with Crippen molar-refractivity contribution in [3.05, 3.63) is 35.5 Å². The maximum Gasteiger partial charge on any atom is 0.416 e. The third kappa shape index (κ3) is 3.03. The Morgan fingerprint density at radius 2 is 1.77 bits per heavy atom. The molecule has 1 aliphatic heterocycles. The van der Waals surface area contributed by atoms with Crippen LogP contribution in [0.4, 0.5) is 13.2 Å². The van der Waals surface area contributed by atoms with Crippen molar-refractivity contribution in [3.63, 3.8) is 0 Å². The summed E-state index contributed by atoms with van der Waals surface area (Å²) in [5.41, 5.74) is -1.95. The number of amides is 1. The number of halogens is 3. The zero-order valence-electron chi connectivity index (χ0n) is 13.9. The topological polar surface area (TPSA) is 82.8 Å². The molecule has 0 unspecified atom stereocenters. The molecule has 0 aliphatic carbocycles. The Morgan fingerprint density at radius 3 is 2.31 bits per heavy atom. The molecule has 1 saturated heterocycles. The van der Waals surface area contributed by atoms with E-state index in [9.17, 15) is 27.9 Å². The summed E-state index contributed by atoms with van der Waals surface area (Å²) in [5.74, 6) is -1.74. The van der Waals surface area contributed by atoms with Gasteiger partial charge >= 0.3 is 12.1 Å². The van der Waals surface area contributed by atoms with E-state index in [1.807, 2.05) is 0 Å². The number of alkyl halides is 3. The normalized spacial score (nSPS) is 17.5. The van der Waals surface area contributed by atoms with E-state index in [4.69, 9.17) is 5.11 Å². The number of hydrogen-bond donors (Lipinski definition) is 2. The summed E-state index contributed by atoms with van der Waals surface area (Å²) in [6.45, 7) is 0.105. The molecular formula is C17H17F3N2O4. The summed E-state index contributed by atoms with van der Waals surface area (Å²) >= 11 is 0. The van der Waals surface area contributed by atoms with Crippen LogP contribution in [0.25, 0.3) is 10.9 Å². The van der Waals surface area contributed by atoms with E-state index in [1.54, 1.807) is 7.05 Å². The molecule has 26 heavy (non-hydrogen) atoms. The monoisotopic (exact) mass is 370 g/mol. The first-order chi connectivity index (χ1) is 12.0. The van der Waals surface area contributed by atoms with E-state index in [0.717, 1.165) is 12.1 Å². The van der Waals surface area contributed by atoms with Gasteiger partial charge in [-0.2, -0.15) is 13.2 Å². The number of likely N-dealkylation sites (tertiary alicyclic amines) is 1. The maximum absolute atomic E-state index is 12.9. The third-order valence-electron chi connectivity index (χ3n) is 4.86. The number of benzene rings is 1. The largest absolute Gasteiger partial charge is 0.479 e. The Hall–Kier alpha value is -2.55. The van der Waals surface area contributed by atoms with Crippen LogP contribution < -0.4 is 0 Å². The molecule has 2 N–H and O–H groups in total. The van der Waals surface area contributed by atoms with Gasteiger partial charge in [-0.3, -0.25) is 4.79 Å². The average molecular weight is 370 g/mol. The molecule has 6 nitrogen and oxygen atoms in total. The fourth-order valence-electron chi connectivity index (χ4n) is 3.19. The number of aryl methyl sites for hydroxylation is 1. The van der Waals surface area contributed by atoms with E-state index in [2.05, 4.69) is 0 Å². The van der Waals surface area contributed by atoms with Gasteiger partial charge in [0.25, 0.3) is 5.91 Å². The third-order valence-corrected chi connectivity index (χ3v) is 4.86. The van der Waals surface area contributed by atoms with Crippen LogP contribution in [0, 0.1) is 0 Å². The lowest BCUT2D eigenvalue weighted by Crippen LogP contribution is -2.51. The van der Waals surface area contributed by atoms with Gasteiger partial charge in [0.05, 0.1) is 5.56 Å². The number of carboxylic acids is 1. The van der Waals surface area contributed by atoms with E-state index in [-0.39, 0.29) is 31.6 Å². The minimum atomic E-state index is -4.47. The molecule has 9 heteroatoms. The van der Waals surface area contributed by atoms with Crippen LogP contribution in [0.3, 0.4) is 0 Å². The standard InChI is InChI=1S/C17H17F3N2O4/c1-21-12-3-2-11(17(18,19)20)8-10(12)9-13(21)14(23)22-6-4-16(26,5-7-22)15(24)25/h2-3,8-9,26H,4-7H2,1H3,(H,24,25). The Balaban J connectivity index is 1.87. The molecule has 2 aromatic rings. The minimum absolute atomic E-state index is 0.0525. The molecule has 1 aliphatic rings. The highest BCUT2D eigenvalue weighted by molar-refractivity contribution is 5.99. The molecule has 1 fully saturated rings. The molecule has 1 amide bonds. The highest BCUT2D eigenvalue weighted by Crippen LogP contribution is 2.32.